The minimum absolute atomic E-state index is 0.109. The lowest BCUT2D eigenvalue weighted by Crippen LogP contribution is -2.40. The summed E-state index contributed by atoms with van der Waals surface area (Å²) in [6.45, 7) is 0.350. The Bertz CT molecular complexity index is 422. The van der Waals surface area contributed by atoms with E-state index in [4.69, 9.17) is 0 Å². The molecule has 1 aromatic carbocycles. The van der Waals surface area contributed by atoms with E-state index in [9.17, 15) is 22.0 Å². The molecule has 0 unspecified atom stereocenters. The molecule has 0 saturated heterocycles. The van der Waals surface area contributed by atoms with Crippen molar-refractivity contribution in [3.8, 4) is 0 Å². The summed E-state index contributed by atoms with van der Waals surface area (Å²) in [4.78, 5) is 4.04. The van der Waals surface area contributed by atoms with Gasteiger partial charge >= 0.3 is 12.3 Å². The van der Waals surface area contributed by atoms with Crippen LogP contribution in [-0.4, -0.2) is 34.8 Å². The van der Waals surface area contributed by atoms with E-state index in [1.807, 2.05) is 30.3 Å². The number of nitrogens with zero attached hydrogens (tertiary/aromatic N) is 1. The summed E-state index contributed by atoms with van der Waals surface area (Å²) in [5.74, 6) is 0. The Balaban J connectivity index is 2.16. The Kier molecular flexibility index (Phi) is 6.28. The molecule has 0 N–H and O–H groups in total. The molecule has 0 aliphatic heterocycles. The summed E-state index contributed by atoms with van der Waals surface area (Å²) >= 11 is 0. The predicted octanol–water partition coefficient (Wildman–Crippen LogP) is 3.70. The van der Waals surface area contributed by atoms with Gasteiger partial charge in [0.05, 0.1) is 0 Å². The number of hydrogen-bond donors (Lipinski definition) is 0. The maximum Gasteiger partial charge on any atom is 0.481 e. The van der Waals surface area contributed by atoms with Crippen LogP contribution in [0.15, 0.2) is 35.3 Å². The Hall–Kier alpha value is -1.28. The molecule has 2 nitrogen and oxygen atoms in total. The first kappa shape index (κ1) is 16.8. The molecule has 0 aliphatic rings. The highest BCUT2D eigenvalue weighted by Gasteiger charge is 2.59. The number of benzene rings is 1. The van der Waals surface area contributed by atoms with E-state index < -0.39 is 22.0 Å². The van der Waals surface area contributed by atoms with Crippen LogP contribution in [0.5, 0.6) is 0 Å². The fourth-order valence-electron chi connectivity index (χ4n) is 1.15. The van der Waals surface area contributed by atoms with Crippen LogP contribution in [0.3, 0.4) is 0 Å². The van der Waals surface area contributed by atoms with E-state index in [2.05, 4.69) is 9.42 Å². The van der Waals surface area contributed by atoms with E-state index in [1.165, 1.54) is 0 Å². The molecule has 0 aromatic heterocycles. The van der Waals surface area contributed by atoms with Gasteiger partial charge in [0, 0.05) is 12.8 Å². The van der Waals surface area contributed by atoms with Crippen molar-refractivity contribution in [2.45, 2.75) is 24.7 Å². The molecule has 1 rings (SSSR count). The zero-order chi connectivity index (χ0) is 15.1. The van der Waals surface area contributed by atoms with Crippen molar-refractivity contribution in [2.75, 3.05) is 6.54 Å². The molecule has 0 fully saturated rings. The third kappa shape index (κ3) is 5.79. The SMILES string of the molecule is FC(F)(F)C(F)(F)O[Si]CCCN=Cc1ccccc1. The van der Waals surface area contributed by atoms with Crippen molar-refractivity contribution >= 4 is 16.0 Å². The topological polar surface area (TPSA) is 21.6 Å². The van der Waals surface area contributed by atoms with Gasteiger partial charge in [-0.25, -0.2) is 0 Å². The van der Waals surface area contributed by atoms with Crippen molar-refractivity contribution in [3.05, 3.63) is 35.9 Å². The first-order chi connectivity index (χ1) is 9.33. The van der Waals surface area contributed by atoms with Gasteiger partial charge in [0.25, 0.3) is 0 Å². The van der Waals surface area contributed by atoms with Crippen molar-refractivity contribution in [1.29, 1.82) is 0 Å². The van der Waals surface area contributed by atoms with Gasteiger partial charge < -0.3 is 4.43 Å². The summed E-state index contributed by atoms with van der Waals surface area (Å²) in [7, 11) is -0.909. The molecular formula is C12H12F5NOSi. The second-order valence-corrected chi connectivity index (χ2v) is 4.80. The van der Waals surface area contributed by atoms with E-state index in [-0.39, 0.29) is 6.04 Å². The molecule has 1 aromatic rings. The summed E-state index contributed by atoms with van der Waals surface area (Å²) < 4.78 is 63.6. The summed E-state index contributed by atoms with van der Waals surface area (Å²) in [5.41, 5.74) is 0.898. The lowest BCUT2D eigenvalue weighted by molar-refractivity contribution is -0.362. The molecule has 0 saturated carbocycles. The van der Waals surface area contributed by atoms with Gasteiger partial charge in [-0.3, -0.25) is 4.99 Å². The largest absolute Gasteiger partial charge is 0.481 e. The normalized spacial score (nSPS) is 13.1. The smallest absolute Gasteiger partial charge is 0.356 e. The van der Waals surface area contributed by atoms with E-state index in [0.717, 1.165) is 5.56 Å². The van der Waals surface area contributed by atoms with Crippen molar-refractivity contribution in [3.63, 3.8) is 0 Å². The van der Waals surface area contributed by atoms with E-state index in [0.29, 0.717) is 13.0 Å². The Morgan fingerprint density at radius 3 is 2.35 bits per heavy atom. The Morgan fingerprint density at radius 2 is 1.75 bits per heavy atom. The zero-order valence-electron chi connectivity index (χ0n) is 10.3. The van der Waals surface area contributed by atoms with Crippen LogP contribution in [0.4, 0.5) is 22.0 Å². The first-order valence-corrected chi connectivity index (χ1v) is 6.85. The molecule has 20 heavy (non-hydrogen) atoms. The fourth-order valence-corrected chi connectivity index (χ4v) is 1.85. The van der Waals surface area contributed by atoms with Crippen molar-refractivity contribution in [1.82, 2.24) is 0 Å². The molecule has 8 heteroatoms. The monoisotopic (exact) mass is 309 g/mol. The summed E-state index contributed by atoms with van der Waals surface area (Å²) in [5, 5.41) is 0. The van der Waals surface area contributed by atoms with Crippen LogP contribution >= 0.6 is 0 Å². The molecular weight excluding hydrogens is 297 g/mol. The molecule has 110 valence electrons. The lowest BCUT2D eigenvalue weighted by atomic mass is 10.2. The molecule has 0 amide bonds. The minimum Gasteiger partial charge on any atom is -0.356 e. The molecule has 0 aliphatic carbocycles. The summed E-state index contributed by atoms with van der Waals surface area (Å²) in [6.07, 6.45) is -8.73. The average Bonchev–Trinajstić information content (AvgIpc) is 2.37. The number of alkyl halides is 5. The third-order valence-corrected chi connectivity index (χ3v) is 3.09. The number of rotatable bonds is 7. The molecule has 0 bridgehead atoms. The maximum absolute atomic E-state index is 12.4. The van der Waals surface area contributed by atoms with Gasteiger partial charge in [-0.15, -0.1) is 0 Å². The van der Waals surface area contributed by atoms with Crippen LogP contribution in [0.25, 0.3) is 0 Å². The van der Waals surface area contributed by atoms with Crippen LogP contribution in [0.1, 0.15) is 12.0 Å². The van der Waals surface area contributed by atoms with E-state index in [1.54, 1.807) is 6.21 Å². The van der Waals surface area contributed by atoms with E-state index >= 15 is 0 Å². The third-order valence-electron chi connectivity index (χ3n) is 2.14. The van der Waals surface area contributed by atoms with Crippen LogP contribution in [-0.2, 0) is 4.43 Å². The van der Waals surface area contributed by atoms with Crippen molar-refractivity contribution < 1.29 is 26.4 Å². The Labute approximate surface area is 115 Å². The molecule has 0 atom stereocenters. The highest BCUT2D eigenvalue weighted by molar-refractivity contribution is 6.27. The highest BCUT2D eigenvalue weighted by Crippen LogP contribution is 2.35. The predicted molar refractivity (Wildman–Crippen MR) is 66.2 cm³/mol. The van der Waals surface area contributed by atoms with Gasteiger partial charge in [0.15, 0.2) is 0 Å². The zero-order valence-corrected chi connectivity index (χ0v) is 11.3. The molecule has 0 heterocycles. The van der Waals surface area contributed by atoms with Crippen LogP contribution in [0, 0.1) is 0 Å². The average molecular weight is 309 g/mol. The fraction of sp³-hybridized carbons (Fsp3) is 0.417. The number of hydrogen-bond acceptors (Lipinski definition) is 2. The quantitative estimate of drug-likeness (QED) is 0.326. The van der Waals surface area contributed by atoms with Gasteiger partial charge in [0.1, 0.15) is 0 Å². The lowest BCUT2D eigenvalue weighted by Gasteiger charge is -2.18. The maximum atomic E-state index is 12.4. The van der Waals surface area contributed by atoms with Gasteiger partial charge in [0.2, 0.25) is 9.76 Å². The van der Waals surface area contributed by atoms with Gasteiger partial charge in [-0.2, -0.15) is 22.0 Å². The summed E-state index contributed by atoms with van der Waals surface area (Å²) in [6, 6.07) is 9.34. The highest BCUT2D eigenvalue weighted by atomic mass is 28.2. The van der Waals surface area contributed by atoms with Crippen LogP contribution in [0.2, 0.25) is 6.04 Å². The minimum atomic E-state index is -5.66. The standard InChI is InChI=1S/C12H12F5NOSi/c13-11(14,15)12(16,17)19-20-8-4-7-18-9-10-5-2-1-3-6-10/h1-3,5-6,9H,4,7-8H2. The second kappa shape index (κ2) is 7.49. The number of aliphatic imine (C=N–C) groups is 1. The number of halogens is 5. The molecule has 2 radical (unpaired) electrons. The Morgan fingerprint density at radius 1 is 1.10 bits per heavy atom. The second-order valence-electron chi connectivity index (χ2n) is 3.81. The van der Waals surface area contributed by atoms with Gasteiger partial charge in [-0.1, -0.05) is 30.3 Å². The van der Waals surface area contributed by atoms with Gasteiger partial charge in [-0.05, 0) is 18.0 Å². The molecule has 0 spiro atoms. The van der Waals surface area contributed by atoms with Crippen LogP contribution < -0.4 is 0 Å². The van der Waals surface area contributed by atoms with Crippen molar-refractivity contribution in [2.24, 2.45) is 4.99 Å². The first-order valence-electron chi connectivity index (χ1n) is 5.73.